The maximum atomic E-state index is 12.6. The Hall–Kier alpha value is -2.49. The average Bonchev–Trinajstić information content (AvgIpc) is 2.73. The van der Waals surface area contributed by atoms with Gasteiger partial charge in [-0.15, -0.1) is 0 Å². The second-order valence-corrected chi connectivity index (χ2v) is 4.64. The van der Waals surface area contributed by atoms with Crippen LogP contribution in [0.1, 0.15) is 22.4 Å². The molecule has 0 aliphatic heterocycles. The fourth-order valence-electron chi connectivity index (χ4n) is 1.98. The third-order valence-electron chi connectivity index (χ3n) is 3.05. The van der Waals surface area contributed by atoms with E-state index >= 15 is 0 Å². The van der Waals surface area contributed by atoms with Crippen LogP contribution in [-0.2, 0) is 19.8 Å². The molecule has 7 heteroatoms. The fraction of sp³-hybridized carbons (Fsp3) is 0.286. The molecule has 0 bridgehead atoms. The summed E-state index contributed by atoms with van der Waals surface area (Å²) in [6.07, 6.45) is -2.64. The Labute approximate surface area is 119 Å². The molecule has 1 heterocycles. The van der Waals surface area contributed by atoms with Crippen molar-refractivity contribution in [1.29, 1.82) is 5.26 Å². The summed E-state index contributed by atoms with van der Waals surface area (Å²) in [7, 11) is 1.79. The van der Waals surface area contributed by atoms with E-state index in [1.807, 2.05) is 13.1 Å². The first kappa shape index (κ1) is 14.9. The molecule has 0 aliphatic rings. The number of rotatable bonds is 3. The van der Waals surface area contributed by atoms with Crippen LogP contribution in [-0.4, -0.2) is 9.78 Å². The Morgan fingerprint density at radius 2 is 2.10 bits per heavy atom. The summed E-state index contributed by atoms with van der Waals surface area (Å²) in [6.45, 7) is 2.23. The molecule has 0 radical (unpaired) electrons. The average molecular weight is 294 g/mol. The maximum Gasteiger partial charge on any atom is 0.416 e. The molecule has 1 aromatic heterocycles. The van der Waals surface area contributed by atoms with E-state index in [0.717, 1.165) is 23.4 Å². The van der Waals surface area contributed by atoms with E-state index in [4.69, 9.17) is 5.26 Å². The number of hydrogen-bond donors (Lipinski definition) is 1. The molecule has 0 fully saturated rings. The van der Waals surface area contributed by atoms with Crippen molar-refractivity contribution in [2.75, 3.05) is 5.32 Å². The molecule has 2 aromatic rings. The molecule has 0 amide bonds. The van der Waals surface area contributed by atoms with Crippen molar-refractivity contribution >= 4 is 5.69 Å². The van der Waals surface area contributed by atoms with Gasteiger partial charge in [-0.25, -0.2) is 0 Å². The highest BCUT2D eigenvalue weighted by molar-refractivity contribution is 5.59. The zero-order chi connectivity index (χ0) is 15.6. The molecule has 0 atom stereocenters. The van der Waals surface area contributed by atoms with Gasteiger partial charge in [0.2, 0.25) is 0 Å². The van der Waals surface area contributed by atoms with E-state index in [9.17, 15) is 13.2 Å². The number of nitriles is 1. The Balaban J connectivity index is 2.21. The molecule has 0 spiro atoms. The van der Waals surface area contributed by atoms with Crippen molar-refractivity contribution in [3.05, 3.63) is 46.8 Å². The van der Waals surface area contributed by atoms with Crippen molar-refractivity contribution in [3.8, 4) is 6.07 Å². The third kappa shape index (κ3) is 3.34. The molecule has 0 aliphatic carbocycles. The summed E-state index contributed by atoms with van der Waals surface area (Å²) < 4.78 is 39.5. The Bertz CT molecular complexity index is 695. The lowest BCUT2D eigenvalue weighted by Gasteiger charge is -2.11. The molecule has 21 heavy (non-hydrogen) atoms. The van der Waals surface area contributed by atoms with E-state index < -0.39 is 11.7 Å². The molecule has 1 aromatic carbocycles. The Kier molecular flexibility index (Phi) is 3.89. The van der Waals surface area contributed by atoms with Gasteiger partial charge in [-0.2, -0.15) is 23.5 Å². The predicted octanol–water partition coefficient (Wildman–Crippen LogP) is 3.23. The normalized spacial score (nSPS) is 11.2. The molecular weight excluding hydrogens is 281 g/mol. The van der Waals surface area contributed by atoms with Gasteiger partial charge in [0.15, 0.2) is 0 Å². The second kappa shape index (κ2) is 5.48. The molecular formula is C14H13F3N4. The van der Waals surface area contributed by atoms with Crippen LogP contribution in [0.2, 0.25) is 0 Å². The number of nitrogens with one attached hydrogen (secondary N) is 1. The number of anilines is 1. The van der Waals surface area contributed by atoms with Crippen LogP contribution in [0.25, 0.3) is 0 Å². The Morgan fingerprint density at radius 1 is 1.38 bits per heavy atom. The van der Waals surface area contributed by atoms with Crippen LogP contribution in [0.5, 0.6) is 0 Å². The van der Waals surface area contributed by atoms with Crippen LogP contribution in [0.15, 0.2) is 24.4 Å². The number of alkyl halides is 3. The van der Waals surface area contributed by atoms with Crippen molar-refractivity contribution < 1.29 is 13.2 Å². The van der Waals surface area contributed by atoms with Crippen molar-refractivity contribution in [2.45, 2.75) is 19.6 Å². The van der Waals surface area contributed by atoms with Gasteiger partial charge in [-0.1, -0.05) is 0 Å². The quantitative estimate of drug-likeness (QED) is 0.945. The summed E-state index contributed by atoms with van der Waals surface area (Å²) in [6, 6.07) is 4.86. The standard InChI is InChI=1S/C14H13F3N4/c1-9-11(8-21(2)20-9)7-19-13-4-3-12(14(15,16)17)5-10(13)6-18/h3-5,8,19H,7H2,1-2H3. The van der Waals surface area contributed by atoms with E-state index in [-0.39, 0.29) is 5.56 Å². The molecule has 1 N–H and O–H groups in total. The molecule has 0 saturated heterocycles. The lowest BCUT2D eigenvalue weighted by molar-refractivity contribution is -0.137. The summed E-state index contributed by atoms with van der Waals surface area (Å²) in [5.41, 5.74) is 1.25. The van der Waals surface area contributed by atoms with E-state index in [0.29, 0.717) is 12.2 Å². The largest absolute Gasteiger partial charge is 0.416 e. The number of hydrogen-bond acceptors (Lipinski definition) is 3. The fourth-order valence-corrected chi connectivity index (χ4v) is 1.98. The monoisotopic (exact) mass is 294 g/mol. The van der Waals surface area contributed by atoms with E-state index in [1.54, 1.807) is 17.8 Å². The zero-order valence-electron chi connectivity index (χ0n) is 11.5. The third-order valence-corrected chi connectivity index (χ3v) is 3.05. The van der Waals surface area contributed by atoms with Crippen LogP contribution in [0.4, 0.5) is 18.9 Å². The summed E-state index contributed by atoms with van der Waals surface area (Å²) in [5, 5.41) is 16.1. The smallest absolute Gasteiger partial charge is 0.380 e. The van der Waals surface area contributed by atoms with Gasteiger partial charge in [0.25, 0.3) is 0 Å². The van der Waals surface area contributed by atoms with Crippen molar-refractivity contribution in [1.82, 2.24) is 9.78 Å². The van der Waals surface area contributed by atoms with Gasteiger partial charge in [0.1, 0.15) is 6.07 Å². The highest BCUT2D eigenvalue weighted by Crippen LogP contribution is 2.31. The number of benzene rings is 1. The molecule has 4 nitrogen and oxygen atoms in total. The first-order chi connectivity index (χ1) is 9.81. The van der Waals surface area contributed by atoms with Crippen molar-refractivity contribution in [3.63, 3.8) is 0 Å². The van der Waals surface area contributed by atoms with Gasteiger partial charge in [0.05, 0.1) is 22.5 Å². The van der Waals surface area contributed by atoms with Gasteiger partial charge < -0.3 is 5.32 Å². The maximum absolute atomic E-state index is 12.6. The number of aromatic nitrogens is 2. The first-order valence-electron chi connectivity index (χ1n) is 6.15. The highest BCUT2D eigenvalue weighted by Gasteiger charge is 2.31. The molecule has 0 saturated carbocycles. The number of nitrogens with zero attached hydrogens (tertiary/aromatic N) is 3. The zero-order valence-corrected chi connectivity index (χ0v) is 11.5. The van der Waals surface area contributed by atoms with Crippen LogP contribution >= 0.6 is 0 Å². The molecule has 0 unspecified atom stereocenters. The first-order valence-corrected chi connectivity index (χ1v) is 6.15. The van der Waals surface area contributed by atoms with Crippen molar-refractivity contribution in [2.24, 2.45) is 7.05 Å². The summed E-state index contributed by atoms with van der Waals surface area (Å²) >= 11 is 0. The number of halogens is 3. The predicted molar refractivity (Wildman–Crippen MR) is 71.4 cm³/mol. The van der Waals surface area contributed by atoms with Crippen LogP contribution in [0, 0.1) is 18.3 Å². The second-order valence-electron chi connectivity index (χ2n) is 4.64. The van der Waals surface area contributed by atoms with Crippen LogP contribution in [0.3, 0.4) is 0 Å². The van der Waals surface area contributed by atoms with Gasteiger partial charge >= 0.3 is 6.18 Å². The summed E-state index contributed by atoms with van der Waals surface area (Å²) in [5.74, 6) is 0. The van der Waals surface area contributed by atoms with Gasteiger partial charge in [-0.3, -0.25) is 4.68 Å². The minimum absolute atomic E-state index is 0.0358. The van der Waals surface area contributed by atoms with E-state index in [2.05, 4.69) is 10.4 Å². The highest BCUT2D eigenvalue weighted by atomic mass is 19.4. The molecule has 110 valence electrons. The van der Waals surface area contributed by atoms with Gasteiger partial charge in [0, 0.05) is 25.4 Å². The molecule has 2 rings (SSSR count). The minimum Gasteiger partial charge on any atom is -0.380 e. The summed E-state index contributed by atoms with van der Waals surface area (Å²) in [4.78, 5) is 0. The lowest BCUT2D eigenvalue weighted by atomic mass is 10.1. The minimum atomic E-state index is -4.45. The van der Waals surface area contributed by atoms with Gasteiger partial charge in [-0.05, 0) is 25.1 Å². The van der Waals surface area contributed by atoms with Crippen LogP contribution < -0.4 is 5.32 Å². The van der Waals surface area contributed by atoms with E-state index in [1.165, 1.54) is 6.07 Å². The SMILES string of the molecule is Cc1nn(C)cc1CNc1ccc(C(F)(F)F)cc1C#N. The lowest BCUT2D eigenvalue weighted by Crippen LogP contribution is -2.07. The topological polar surface area (TPSA) is 53.6 Å². The number of aryl methyl sites for hydroxylation is 2. The Morgan fingerprint density at radius 3 is 2.62 bits per heavy atom.